The van der Waals surface area contributed by atoms with Gasteiger partial charge in [-0.1, -0.05) is 18.2 Å². The number of likely N-dealkylation sites (tertiary alicyclic amines) is 1. The van der Waals surface area contributed by atoms with Crippen molar-refractivity contribution in [2.75, 3.05) is 44.0 Å². The van der Waals surface area contributed by atoms with Crippen LogP contribution >= 0.6 is 0 Å². The van der Waals surface area contributed by atoms with Crippen molar-refractivity contribution < 1.29 is 22.7 Å². The Morgan fingerprint density at radius 2 is 1.97 bits per heavy atom. The predicted molar refractivity (Wildman–Crippen MR) is 128 cm³/mol. The van der Waals surface area contributed by atoms with E-state index in [-0.39, 0.29) is 11.5 Å². The van der Waals surface area contributed by atoms with Gasteiger partial charge in [-0.05, 0) is 31.9 Å². The molecule has 188 valence electrons. The number of aryl methyl sites for hydroxylation is 1. The Balaban J connectivity index is 1.73. The summed E-state index contributed by atoms with van der Waals surface area (Å²) in [5.74, 6) is 0.763. The third-order valence-corrected chi connectivity index (χ3v) is 6.89. The highest BCUT2D eigenvalue weighted by molar-refractivity contribution is 5.80. The maximum absolute atomic E-state index is 14.8. The molecule has 35 heavy (non-hydrogen) atoms. The quantitative estimate of drug-likeness (QED) is 0.644. The number of hydrogen-bond donors (Lipinski definition) is 1. The van der Waals surface area contributed by atoms with Gasteiger partial charge >= 0.3 is 0 Å². The highest BCUT2D eigenvalue weighted by atomic mass is 19.3. The molecule has 2 aliphatic rings. The van der Waals surface area contributed by atoms with E-state index in [0.29, 0.717) is 49.1 Å². The first-order valence-corrected chi connectivity index (χ1v) is 11.5. The fourth-order valence-electron chi connectivity index (χ4n) is 4.89. The molecule has 2 atom stereocenters. The number of alkyl halides is 2. The van der Waals surface area contributed by atoms with Crippen LogP contribution in [0.15, 0.2) is 23.8 Å². The van der Waals surface area contributed by atoms with Crippen LogP contribution in [0.4, 0.5) is 24.8 Å². The highest BCUT2D eigenvalue weighted by Crippen LogP contribution is 2.40. The molecule has 1 aromatic carbocycles. The molecule has 4 rings (SSSR count). The molecule has 0 bridgehead atoms. The fourth-order valence-corrected chi connectivity index (χ4v) is 4.89. The number of aromatic nitrogens is 2. The summed E-state index contributed by atoms with van der Waals surface area (Å²) in [5, 5.41) is 3.21. The van der Waals surface area contributed by atoms with Crippen LogP contribution < -0.4 is 10.2 Å². The summed E-state index contributed by atoms with van der Waals surface area (Å²) in [7, 11) is 3.56. The molecule has 0 aliphatic carbocycles. The second-order valence-electron chi connectivity index (χ2n) is 9.19. The van der Waals surface area contributed by atoms with Gasteiger partial charge in [-0.2, -0.15) is 0 Å². The number of rotatable bonds is 6. The van der Waals surface area contributed by atoms with Gasteiger partial charge in [0.25, 0.3) is 6.43 Å². The van der Waals surface area contributed by atoms with Crippen LogP contribution in [0.3, 0.4) is 0 Å². The number of halogens is 3. The van der Waals surface area contributed by atoms with E-state index in [9.17, 15) is 18.0 Å². The summed E-state index contributed by atoms with van der Waals surface area (Å²) in [5.41, 5.74) is 0.546. The number of nitrogens with one attached hydrogen (secondary N) is 1. The van der Waals surface area contributed by atoms with Gasteiger partial charge in [0, 0.05) is 39.7 Å². The minimum Gasteiger partial charge on any atom is -0.372 e. The van der Waals surface area contributed by atoms with E-state index in [2.05, 4.69) is 15.3 Å². The Morgan fingerprint density at radius 1 is 1.26 bits per heavy atom. The molecule has 0 spiro atoms. The number of benzene rings is 1. The minimum absolute atomic E-state index is 0.00252. The molecular weight excluding hydrogens is 459 g/mol. The van der Waals surface area contributed by atoms with E-state index in [1.54, 1.807) is 32.8 Å². The lowest BCUT2D eigenvalue weighted by Gasteiger charge is -2.37. The predicted octanol–water partition coefficient (Wildman–Crippen LogP) is 4.51. The van der Waals surface area contributed by atoms with Crippen LogP contribution in [0, 0.1) is 12.7 Å². The van der Waals surface area contributed by atoms with Gasteiger partial charge in [0.1, 0.15) is 28.9 Å². The lowest BCUT2D eigenvalue weighted by Crippen LogP contribution is -2.43. The number of hydrogen-bond acceptors (Lipinski definition) is 6. The number of carbonyl (C=O) groups is 1. The molecule has 1 saturated heterocycles. The third kappa shape index (κ3) is 4.59. The summed E-state index contributed by atoms with van der Waals surface area (Å²) < 4.78 is 47.2. The van der Waals surface area contributed by atoms with Crippen molar-refractivity contribution in [1.82, 2.24) is 14.9 Å². The second-order valence-corrected chi connectivity index (χ2v) is 9.19. The smallest absolute Gasteiger partial charge is 0.266 e. The van der Waals surface area contributed by atoms with Gasteiger partial charge in [0.2, 0.25) is 5.91 Å². The van der Waals surface area contributed by atoms with Gasteiger partial charge < -0.3 is 19.9 Å². The van der Waals surface area contributed by atoms with E-state index < -0.39 is 29.4 Å². The van der Waals surface area contributed by atoms with Crippen LogP contribution in [0.5, 0.6) is 0 Å². The maximum atomic E-state index is 14.8. The van der Waals surface area contributed by atoms with Gasteiger partial charge in [-0.15, -0.1) is 0 Å². The largest absolute Gasteiger partial charge is 0.372 e. The van der Waals surface area contributed by atoms with Gasteiger partial charge in [0.05, 0.1) is 23.7 Å². The van der Waals surface area contributed by atoms with Crippen molar-refractivity contribution in [3.8, 4) is 0 Å². The van der Waals surface area contributed by atoms with Crippen LogP contribution in [-0.2, 0) is 9.53 Å². The average Bonchev–Trinajstić information content (AvgIpc) is 3.26. The molecule has 0 unspecified atom stereocenters. The molecule has 1 aromatic heterocycles. The van der Waals surface area contributed by atoms with Crippen molar-refractivity contribution >= 4 is 23.6 Å². The number of likely N-dealkylation sites (N-methyl/N-ethyl adjacent to an activating group) is 1. The molecule has 3 heterocycles. The molecule has 0 radical (unpaired) electrons. The molecule has 1 N–H and O–H groups in total. The lowest BCUT2D eigenvalue weighted by atomic mass is 9.88. The molecule has 2 aromatic rings. The first kappa shape index (κ1) is 25.0. The fraction of sp³-hybridized carbons (Fsp3) is 0.480. The van der Waals surface area contributed by atoms with Crippen LogP contribution in [0.1, 0.15) is 55.3 Å². The molecule has 1 fully saturated rings. The normalized spacial score (nSPS) is 20.7. The van der Waals surface area contributed by atoms with Crippen molar-refractivity contribution in [1.29, 1.82) is 0 Å². The number of carbonyl (C=O) groups excluding carboxylic acids is 1. The Labute approximate surface area is 203 Å². The maximum Gasteiger partial charge on any atom is 0.266 e. The van der Waals surface area contributed by atoms with Gasteiger partial charge in [-0.25, -0.2) is 23.1 Å². The lowest BCUT2D eigenvalue weighted by molar-refractivity contribution is -0.128. The Kier molecular flexibility index (Phi) is 6.77. The molecule has 1 amide bonds. The Morgan fingerprint density at radius 3 is 2.60 bits per heavy atom. The van der Waals surface area contributed by atoms with E-state index >= 15 is 0 Å². The van der Waals surface area contributed by atoms with Gasteiger partial charge in [0.15, 0.2) is 0 Å². The zero-order chi connectivity index (χ0) is 25.5. The number of nitrogens with zero attached hydrogens (tertiary/aromatic N) is 4. The standard InChI is InChI=1S/C25H30F3N5O2/c1-14(18-7-6-8-19(21(18)26)22(27)28)29-23-20-11-17(12-32(4)24(20)31-15(2)30-23)25(35-5)9-10-33(13-25)16(3)34/h6-8,11,14,22H,9-10,12-13H2,1-5H3,(H,29,30,31)/t14-,25-/m1/s1. The molecular formula is C25H30F3N5O2. The van der Waals surface area contributed by atoms with E-state index in [1.165, 1.54) is 12.1 Å². The Hall–Kier alpha value is -3.14. The van der Waals surface area contributed by atoms with Crippen molar-refractivity contribution in [2.45, 2.75) is 45.3 Å². The van der Waals surface area contributed by atoms with Crippen molar-refractivity contribution in [3.05, 3.63) is 52.1 Å². The number of fused-ring (bicyclic) bond motifs is 1. The van der Waals surface area contributed by atoms with Crippen LogP contribution in [0.25, 0.3) is 6.08 Å². The average molecular weight is 490 g/mol. The zero-order valence-corrected chi connectivity index (χ0v) is 20.5. The second kappa shape index (κ2) is 9.49. The number of anilines is 2. The van der Waals surface area contributed by atoms with Crippen molar-refractivity contribution in [3.63, 3.8) is 0 Å². The van der Waals surface area contributed by atoms with Gasteiger partial charge in [-0.3, -0.25) is 4.79 Å². The molecule has 0 saturated carbocycles. The summed E-state index contributed by atoms with van der Waals surface area (Å²) in [6.07, 6.45) is -0.264. The monoisotopic (exact) mass is 489 g/mol. The summed E-state index contributed by atoms with van der Waals surface area (Å²) in [4.78, 5) is 24.9. The van der Waals surface area contributed by atoms with Crippen molar-refractivity contribution in [2.24, 2.45) is 0 Å². The first-order chi connectivity index (χ1) is 16.6. The number of amides is 1. The number of methoxy groups -OCH3 is 1. The zero-order valence-electron chi connectivity index (χ0n) is 20.5. The molecule has 2 aliphatic heterocycles. The SMILES string of the molecule is CO[C@]1(C2=Cc3c(N[C@H](C)c4cccc(C(F)F)c4F)nc(C)nc3N(C)C2)CCN(C(C)=O)C1. The highest BCUT2D eigenvalue weighted by Gasteiger charge is 2.44. The molecule has 7 nitrogen and oxygen atoms in total. The molecule has 10 heteroatoms. The van der Waals surface area contributed by atoms with Crippen LogP contribution in [-0.4, -0.2) is 60.2 Å². The van der Waals surface area contributed by atoms with E-state index in [4.69, 9.17) is 4.74 Å². The van der Waals surface area contributed by atoms with Crippen LogP contribution in [0.2, 0.25) is 0 Å². The van der Waals surface area contributed by atoms with E-state index in [1.807, 2.05) is 18.0 Å². The Bertz CT molecular complexity index is 1170. The third-order valence-electron chi connectivity index (χ3n) is 6.89. The minimum atomic E-state index is -2.90. The summed E-state index contributed by atoms with van der Waals surface area (Å²) >= 11 is 0. The van der Waals surface area contributed by atoms with E-state index in [0.717, 1.165) is 11.6 Å². The summed E-state index contributed by atoms with van der Waals surface area (Å²) in [6.45, 7) is 6.62. The first-order valence-electron chi connectivity index (χ1n) is 11.5. The topological polar surface area (TPSA) is 70.6 Å². The summed E-state index contributed by atoms with van der Waals surface area (Å²) in [6, 6.07) is 3.37. The number of ether oxygens (including phenoxy) is 1.